The van der Waals surface area contributed by atoms with E-state index in [9.17, 15) is 27.6 Å². The molecule has 2 aromatic heterocycles. The number of halogens is 4. The van der Waals surface area contributed by atoms with Crippen LogP contribution in [0.5, 0.6) is 0 Å². The molecular weight excluding hydrogens is 489 g/mol. The van der Waals surface area contributed by atoms with Gasteiger partial charge in [-0.3, -0.25) is 9.59 Å². The van der Waals surface area contributed by atoms with Crippen LogP contribution in [0.4, 0.5) is 18.0 Å². The van der Waals surface area contributed by atoms with Crippen LogP contribution in [0.3, 0.4) is 0 Å². The maximum Gasteiger partial charge on any atom is 0.433 e. The third kappa shape index (κ3) is 4.57. The van der Waals surface area contributed by atoms with Gasteiger partial charge in [-0.05, 0) is 68.6 Å². The van der Waals surface area contributed by atoms with E-state index in [1.807, 2.05) is 0 Å². The SMILES string of the molecule is O=C(c1nn2c(C(F)(F)F)cc(C3CC3)cc2c1Cl)N1CCCCC(N2C(=O)COC2=O)CCC1. The van der Waals surface area contributed by atoms with E-state index in [4.69, 9.17) is 16.3 Å². The van der Waals surface area contributed by atoms with Crippen LogP contribution in [0.25, 0.3) is 5.52 Å². The summed E-state index contributed by atoms with van der Waals surface area (Å²) in [5.74, 6) is -0.832. The molecule has 3 fully saturated rings. The summed E-state index contributed by atoms with van der Waals surface area (Å²) >= 11 is 6.44. The van der Waals surface area contributed by atoms with Gasteiger partial charge in [0.1, 0.15) is 5.69 Å². The van der Waals surface area contributed by atoms with Crippen LogP contribution in [0.15, 0.2) is 12.1 Å². The molecule has 0 N–H and O–H groups in total. The van der Waals surface area contributed by atoms with Crippen LogP contribution in [0.2, 0.25) is 5.02 Å². The van der Waals surface area contributed by atoms with Crippen LogP contribution in [0, 0.1) is 0 Å². The Kier molecular flexibility index (Phi) is 6.14. The van der Waals surface area contributed by atoms with E-state index in [1.54, 1.807) is 6.07 Å². The number of carbonyl (C=O) groups excluding carboxylic acids is 3. The number of hydrogen-bond donors (Lipinski definition) is 0. The Hall–Kier alpha value is -2.82. The molecule has 35 heavy (non-hydrogen) atoms. The lowest BCUT2D eigenvalue weighted by Crippen LogP contribution is -2.39. The monoisotopic (exact) mass is 512 g/mol. The molecule has 2 aliphatic heterocycles. The highest BCUT2D eigenvalue weighted by molar-refractivity contribution is 6.36. The molecule has 1 unspecified atom stereocenters. The number of pyridine rings is 1. The van der Waals surface area contributed by atoms with Gasteiger partial charge >= 0.3 is 12.3 Å². The summed E-state index contributed by atoms with van der Waals surface area (Å²) in [6, 6.07) is 2.38. The molecule has 5 rings (SSSR count). The third-order valence-electron chi connectivity index (χ3n) is 6.86. The molecule has 1 atom stereocenters. The van der Waals surface area contributed by atoms with E-state index in [0.717, 1.165) is 28.3 Å². The summed E-state index contributed by atoms with van der Waals surface area (Å²) in [6.45, 7) is 0.415. The zero-order valence-electron chi connectivity index (χ0n) is 18.8. The number of ether oxygens (including phenoxy) is 1. The number of rotatable bonds is 3. The number of hydrogen-bond acceptors (Lipinski definition) is 5. The Bertz CT molecular complexity index is 1180. The predicted molar refractivity (Wildman–Crippen MR) is 118 cm³/mol. The third-order valence-corrected chi connectivity index (χ3v) is 7.23. The molecule has 1 saturated carbocycles. The molecule has 188 valence electrons. The van der Waals surface area contributed by atoms with Crippen molar-refractivity contribution >= 4 is 35.0 Å². The molecule has 3 amide bonds. The first-order valence-electron chi connectivity index (χ1n) is 11.7. The number of carbonyl (C=O) groups is 3. The molecule has 1 aliphatic carbocycles. The standard InChI is InChI=1S/C23H24ClF3N4O4/c24-19-16-10-14(13-6-7-13)11-17(23(25,26)27)31(16)28-20(19)21(33)29-8-2-1-4-15(5-3-9-29)30-18(32)12-35-22(30)34/h10-11,13,15H,1-9,12H2. The van der Waals surface area contributed by atoms with Crippen LogP contribution in [0.1, 0.15) is 72.6 Å². The average molecular weight is 513 g/mol. The van der Waals surface area contributed by atoms with Gasteiger partial charge in [0, 0.05) is 19.1 Å². The van der Waals surface area contributed by atoms with Gasteiger partial charge in [-0.1, -0.05) is 11.6 Å². The smallest absolute Gasteiger partial charge is 0.433 e. The minimum Gasteiger partial charge on any atom is -0.439 e. The Morgan fingerprint density at radius 1 is 1.06 bits per heavy atom. The van der Waals surface area contributed by atoms with Crippen molar-refractivity contribution in [3.05, 3.63) is 34.1 Å². The lowest BCUT2D eigenvalue weighted by Gasteiger charge is -2.24. The minimum absolute atomic E-state index is 0.0667. The largest absolute Gasteiger partial charge is 0.439 e. The molecular formula is C23H24ClF3N4O4. The summed E-state index contributed by atoms with van der Waals surface area (Å²) in [4.78, 5) is 40.0. The number of fused-ring (bicyclic) bond motifs is 1. The number of imide groups is 1. The Labute approximate surface area is 203 Å². The first kappa shape index (κ1) is 23.9. The van der Waals surface area contributed by atoms with E-state index in [-0.39, 0.29) is 40.7 Å². The fourth-order valence-corrected chi connectivity index (χ4v) is 5.17. The fraction of sp³-hybridized carbons (Fsp3) is 0.565. The highest BCUT2D eigenvalue weighted by atomic mass is 35.5. The highest BCUT2D eigenvalue weighted by Gasteiger charge is 2.39. The lowest BCUT2D eigenvalue weighted by molar-refractivity contribution is -0.142. The van der Waals surface area contributed by atoms with E-state index in [0.29, 0.717) is 50.8 Å². The Balaban J connectivity index is 1.39. The number of alkyl halides is 3. The van der Waals surface area contributed by atoms with Gasteiger partial charge in [0.15, 0.2) is 12.3 Å². The summed E-state index contributed by atoms with van der Waals surface area (Å²) in [7, 11) is 0. The lowest BCUT2D eigenvalue weighted by atomic mass is 10.0. The predicted octanol–water partition coefficient (Wildman–Crippen LogP) is 4.64. The molecule has 0 spiro atoms. The van der Waals surface area contributed by atoms with Gasteiger partial charge in [-0.15, -0.1) is 0 Å². The van der Waals surface area contributed by atoms with Crippen molar-refractivity contribution in [3.63, 3.8) is 0 Å². The van der Waals surface area contributed by atoms with Gasteiger partial charge in [0.25, 0.3) is 11.8 Å². The molecule has 4 heterocycles. The Morgan fingerprint density at radius 3 is 2.43 bits per heavy atom. The fourth-order valence-electron chi connectivity index (χ4n) is 4.91. The van der Waals surface area contributed by atoms with Crippen LogP contribution in [-0.4, -0.2) is 63.1 Å². The van der Waals surface area contributed by atoms with Gasteiger partial charge in [0.2, 0.25) is 0 Å². The van der Waals surface area contributed by atoms with E-state index in [1.165, 1.54) is 4.90 Å². The maximum absolute atomic E-state index is 13.8. The number of amides is 3. The molecule has 2 aromatic rings. The van der Waals surface area contributed by atoms with Crippen molar-refractivity contribution in [1.29, 1.82) is 0 Å². The number of cyclic esters (lactones) is 1. The molecule has 8 nitrogen and oxygen atoms in total. The van der Waals surface area contributed by atoms with Crippen molar-refractivity contribution in [3.8, 4) is 0 Å². The number of nitrogens with zero attached hydrogens (tertiary/aromatic N) is 4. The summed E-state index contributed by atoms with van der Waals surface area (Å²) in [5.41, 5.74) is -0.539. The topological polar surface area (TPSA) is 84.2 Å². The zero-order chi connectivity index (χ0) is 24.9. The van der Waals surface area contributed by atoms with Crippen molar-refractivity contribution in [1.82, 2.24) is 19.4 Å². The molecule has 0 bridgehead atoms. The second-order valence-corrected chi connectivity index (χ2v) is 9.69. The summed E-state index contributed by atoms with van der Waals surface area (Å²) in [6.07, 6.45) is -0.810. The van der Waals surface area contributed by atoms with Crippen LogP contribution < -0.4 is 0 Å². The second kappa shape index (κ2) is 9.00. The van der Waals surface area contributed by atoms with Crippen molar-refractivity contribution < 1.29 is 32.3 Å². The van der Waals surface area contributed by atoms with Gasteiger partial charge in [-0.25, -0.2) is 14.2 Å². The van der Waals surface area contributed by atoms with E-state index < -0.39 is 23.9 Å². The van der Waals surface area contributed by atoms with E-state index in [2.05, 4.69) is 5.10 Å². The van der Waals surface area contributed by atoms with Gasteiger partial charge in [0.05, 0.1) is 10.5 Å². The van der Waals surface area contributed by atoms with Crippen LogP contribution >= 0.6 is 11.6 Å². The summed E-state index contributed by atoms with van der Waals surface area (Å²) < 4.78 is 46.9. The van der Waals surface area contributed by atoms with Gasteiger partial charge in [-0.2, -0.15) is 18.3 Å². The minimum atomic E-state index is -4.65. The van der Waals surface area contributed by atoms with Gasteiger partial charge < -0.3 is 9.64 Å². The molecule has 12 heteroatoms. The zero-order valence-corrected chi connectivity index (χ0v) is 19.6. The average Bonchev–Trinajstić information content (AvgIpc) is 3.51. The maximum atomic E-state index is 13.8. The first-order chi connectivity index (χ1) is 16.6. The number of aromatic nitrogens is 2. The highest BCUT2D eigenvalue weighted by Crippen LogP contribution is 2.43. The normalized spacial score (nSPS) is 22.2. The van der Waals surface area contributed by atoms with Crippen molar-refractivity contribution in [2.75, 3.05) is 19.7 Å². The Morgan fingerprint density at radius 2 is 1.77 bits per heavy atom. The van der Waals surface area contributed by atoms with E-state index >= 15 is 0 Å². The quantitative estimate of drug-likeness (QED) is 0.598. The molecule has 3 aliphatic rings. The molecule has 0 aromatic carbocycles. The van der Waals surface area contributed by atoms with Crippen molar-refractivity contribution in [2.45, 2.75) is 63.1 Å². The van der Waals surface area contributed by atoms with Crippen molar-refractivity contribution in [2.24, 2.45) is 0 Å². The second-order valence-electron chi connectivity index (χ2n) is 9.31. The first-order valence-corrected chi connectivity index (χ1v) is 12.1. The summed E-state index contributed by atoms with van der Waals surface area (Å²) in [5, 5.41) is 3.92. The molecule has 0 radical (unpaired) electrons. The van der Waals surface area contributed by atoms with Crippen LogP contribution in [-0.2, 0) is 15.7 Å². The molecule has 2 saturated heterocycles.